The summed E-state index contributed by atoms with van der Waals surface area (Å²) in [7, 11) is 0. The Balaban J connectivity index is 1.39. The van der Waals surface area contributed by atoms with Crippen molar-refractivity contribution in [2.75, 3.05) is 9.80 Å². The molecule has 0 radical (unpaired) electrons. The van der Waals surface area contributed by atoms with Gasteiger partial charge in [-0.3, -0.25) is 0 Å². The van der Waals surface area contributed by atoms with Gasteiger partial charge in [0.05, 0.1) is 22.7 Å². The van der Waals surface area contributed by atoms with E-state index in [0.29, 0.717) is 11.8 Å². The lowest BCUT2D eigenvalue weighted by molar-refractivity contribution is 0.867. The summed E-state index contributed by atoms with van der Waals surface area (Å²) in [4.78, 5) is 5.24. The number of fused-ring (bicyclic) bond motifs is 6. The summed E-state index contributed by atoms with van der Waals surface area (Å²) in [5, 5.41) is 0. The van der Waals surface area contributed by atoms with E-state index in [4.69, 9.17) is 0 Å². The first kappa shape index (κ1) is 32.9. The van der Waals surface area contributed by atoms with E-state index in [2.05, 4.69) is 176 Å². The van der Waals surface area contributed by atoms with Crippen LogP contribution in [0.25, 0.3) is 0 Å². The number of aryl methyl sites for hydroxylation is 6. The lowest BCUT2D eigenvalue weighted by Crippen LogP contribution is -2.62. The van der Waals surface area contributed by atoms with Gasteiger partial charge in [-0.25, -0.2) is 0 Å². The van der Waals surface area contributed by atoms with E-state index in [1.54, 1.807) is 0 Å². The molecule has 0 saturated heterocycles. The molecule has 0 unspecified atom stereocenters. The van der Waals surface area contributed by atoms with E-state index >= 15 is 0 Å². The quantitative estimate of drug-likeness (QED) is 0.173. The molecule has 6 aromatic carbocycles. The van der Waals surface area contributed by atoms with Crippen LogP contribution < -0.4 is 42.6 Å². The molecule has 3 heterocycles. The predicted octanol–water partition coefficient (Wildman–Crippen LogP) is 8.70. The summed E-state index contributed by atoms with van der Waals surface area (Å²) in [5.41, 5.74) is 27.0. The SMILES string of the molecule is Cc1cc(C)c(B2c3cc(C(C)C)ccc3N3c4cccc5c4N(c4ccc(C(C)C)cc4B5c4c(C)cc(C)cc4C)c4cccc2c43)c(C)c1. The molecular formula is C48H48B2N2. The summed E-state index contributed by atoms with van der Waals surface area (Å²) < 4.78 is 0. The van der Waals surface area contributed by atoms with Gasteiger partial charge in [-0.05, 0) is 111 Å². The highest BCUT2D eigenvalue weighted by Gasteiger charge is 2.46. The maximum Gasteiger partial charge on any atom is 0.247 e. The lowest BCUT2D eigenvalue weighted by atomic mass is 9.33. The van der Waals surface area contributed by atoms with Crippen LogP contribution >= 0.6 is 0 Å². The van der Waals surface area contributed by atoms with Crippen LogP contribution in [0.3, 0.4) is 0 Å². The van der Waals surface area contributed by atoms with Crippen molar-refractivity contribution in [3.8, 4) is 0 Å². The Hall–Kier alpha value is -4.95. The van der Waals surface area contributed by atoms with Gasteiger partial charge >= 0.3 is 0 Å². The normalized spacial score (nSPS) is 13.8. The van der Waals surface area contributed by atoms with E-state index < -0.39 is 0 Å². The maximum absolute atomic E-state index is 2.62. The van der Waals surface area contributed by atoms with Gasteiger partial charge in [0.15, 0.2) is 0 Å². The second kappa shape index (κ2) is 11.8. The van der Waals surface area contributed by atoms with Gasteiger partial charge in [-0.2, -0.15) is 0 Å². The molecule has 0 aliphatic carbocycles. The third-order valence-electron chi connectivity index (χ3n) is 12.2. The molecule has 4 heteroatoms. The summed E-state index contributed by atoms with van der Waals surface area (Å²) in [6, 6.07) is 38.3. The first-order chi connectivity index (χ1) is 24.9. The van der Waals surface area contributed by atoms with E-state index in [-0.39, 0.29) is 13.4 Å². The number of nitrogens with zero attached hydrogens (tertiary/aromatic N) is 2. The second-order valence-corrected chi connectivity index (χ2v) is 16.5. The Kier molecular flexibility index (Phi) is 7.46. The fourth-order valence-electron chi connectivity index (χ4n) is 10.1. The molecule has 3 aliphatic rings. The van der Waals surface area contributed by atoms with Crippen molar-refractivity contribution in [2.45, 2.75) is 81.1 Å². The van der Waals surface area contributed by atoms with E-state index in [1.165, 1.54) is 111 Å². The Bertz CT molecular complexity index is 2250. The highest BCUT2D eigenvalue weighted by Crippen LogP contribution is 2.55. The largest absolute Gasteiger partial charge is 0.307 e. The van der Waals surface area contributed by atoms with Crippen LogP contribution in [0.4, 0.5) is 34.1 Å². The van der Waals surface area contributed by atoms with Gasteiger partial charge in [-0.15, -0.1) is 0 Å². The van der Waals surface area contributed by atoms with Gasteiger partial charge in [0.2, 0.25) is 13.4 Å². The summed E-state index contributed by atoms with van der Waals surface area (Å²) in [6.45, 7) is 23.2. The first-order valence-corrected chi connectivity index (χ1v) is 19.2. The third-order valence-corrected chi connectivity index (χ3v) is 12.2. The van der Waals surface area contributed by atoms with Crippen molar-refractivity contribution in [1.29, 1.82) is 0 Å². The van der Waals surface area contributed by atoms with Crippen LogP contribution in [0.2, 0.25) is 0 Å². The number of para-hydroxylation sites is 2. The minimum atomic E-state index is 0.128. The summed E-state index contributed by atoms with van der Waals surface area (Å²) in [6.07, 6.45) is 0. The number of anilines is 6. The number of hydrogen-bond donors (Lipinski definition) is 0. The molecule has 6 aromatic rings. The standard InChI is InChI=1S/C48H48B2N2/c1-27(2)35-17-19-41-39(25-35)49(45-31(7)21-29(5)22-32(45)8)37-13-11-16-44-47(37)51(41)43-15-12-14-38-48(43)52(44)42-20-18-36(28(3)4)26-40(42)50(38)46-33(9)23-30(6)24-34(46)10/h11-28H,1-10H3. The predicted molar refractivity (Wildman–Crippen MR) is 228 cm³/mol. The van der Waals surface area contributed by atoms with E-state index in [9.17, 15) is 0 Å². The molecule has 0 spiro atoms. The molecular weight excluding hydrogens is 626 g/mol. The molecule has 2 nitrogen and oxygen atoms in total. The highest BCUT2D eigenvalue weighted by molar-refractivity contribution is 7.00. The van der Waals surface area contributed by atoms with Gasteiger partial charge in [-0.1, -0.05) is 145 Å². The zero-order chi connectivity index (χ0) is 36.3. The minimum absolute atomic E-state index is 0.128. The molecule has 0 amide bonds. The molecule has 0 fully saturated rings. The van der Waals surface area contributed by atoms with Crippen LogP contribution in [-0.2, 0) is 0 Å². The zero-order valence-electron chi connectivity index (χ0n) is 32.4. The van der Waals surface area contributed by atoms with Crippen molar-refractivity contribution < 1.29 is 0 Å². The average molecular weight is 675 g/mol. The Morgan fingerprint density at radius 1 is 0.404 bits per heavy atom. The topological polar surface area (TPSA) is 6.48 Å². The maximum atomic E-state index is 2.62. The van der Waals surface area contributed by atoms with Gasteiger partial charge < -0.3 is 9.80 Å². The van der Waals surface area contributed by atoms with Crippen molar-refractivity contribution in [3.63, 3.8) is 0 Å². The number of hydrogen-bond acceptors (Lipinski definition) is 2. The Morgan fingerprint density at radius 3 is 1.12 bits per heavy atom. The molecule has 52 heavy (non-hydrogen) atoms. The molecule has 3 aliphatic heterocycles. The van der Waals surface area contributed by atoms with Crippen molar-refractivity contribution >= 4 is 80.3 Å². The van der Waals surface area contributed by atoms with Crippen LogP contribution in [0, 0.1) is 41.5 Å². The monoisotopic (exact) mass is 674 g/mol. The molecule has 0 atom stereocenters. The second-order valence-electron chi connectivity index (χ2n) is 16.5. The van der Waals surface area contributed by atoms with Crippen molar-refractivity contribution in [2.24, 2.45) is 0 Å². The minimum Gasteiger partial charge on any atom is -0.307 e. The van der Waals surface area contributed by atoms with Gasteiger partial charge in [0.25, 0.3) is 0 Å². The van der Waals surface area contributed by atoms with Crippen molar-refractivity contribution in [1.82, 2.24) is 0 Å². The molecule has 9 rings (SSSR count). The fraction of sp³-hybridized carbons (Fsp3) is 0.250. The molecule has 0 bridgehead atoms. The summed E-state index contributed by atoms with van der Waals surface area (Å²) >= 11 is 0. The van der Waals surface area contributed by atoms with Crippen LogP contribution in [0.5, 0.6) is 0 Å². The zero-order valence-corrected chi connectivity index (χ0v) is 32.4. The molecule has 0 aromatic heterocycles. The van der Waals surface area contributed by atoms with Gasteiger partial charge in [0, 0.05) is 11.4 Å². The smallest absolute Gasteiger partial charge is 0.247 e. The number of rotatable bonds is 4. The Labute approximate surface area is 311 Å². The molecule has 0 saturated carbocycles. The van der Waals surface area contributed by atoms with E-state index in [0.717, 1.165) is 0 Å². The number of benzene rings is 6. The highest BCUT2D eigenvalue weighted by atomic mass is 15.3. The van der Waals surface area contributed by atoms with Crippen LogP contribution in [0.1, 0.15) is 84.0 Å². The third kappa shape index (κ3) is 4.65. The van der Waals surface area contributed by atoms with Crippen molar-refractivity contribution in [3.05, 3.63) is 142 Å². The van der Waals surface area contributed by atoms with Gasteiger partial charge in [0.1, 0.15) is 0 Å². The lowest BCUT2D eigenvalue weighted by Gasteiger charge is -2.49. The fourth-order valence-corrected chi connectivity index (χ4v) is 10.1. The molecule has 256 valence electrons. The van der Waals surface area contributed by atoms with Crippen LogP contribution in [0.15, 0.2) is 97.1 Å². The van der Waals surface area contributed by atoms with E-state index in [1.807, 2.05) is 0 Å². The Morgan fingerprint density at radius 2 is 0.769 bits per heavy atom. The van der Waals surface area contributed by atoms with Crippen LogP contribution in [-0.4, -0.2) is 13.4 Å². The first-order valence-electron chi connectivity index (χ1n) is 19.2. The molecule has 0 N–H and O–H groups in total. The average Bonchev–Trinajstić information content (AvgIpc) is 3.09. The summed E-state index contributed by atoms with van der Waals surface area (Å²) in [5.74, 6) is 0.878.